The third-order valence-corrected chi connectivity index (χ3v) is 7.55. The van der Waals surface area contributed by atoms with E-state index >= 15 is 0 Å². The highest BCUT2D eigenvalue weighted by Crippen LogP contribution is 2.26. The van der Waals surface area contributed by atoms with Gasteiger partial charge in [0.05, 0.1) is 28.1 Å². The first-order chi connectivity index (χ1) is 17.2. The van der Waals surface area contributed by atoms with Crippen molar-refractivity contribution in [3.63, 3.8) is 0 Å². The lowest BCUT2D eigenvalue weighted by molar-refractivity contribution is 0.0697. The van der Waals surface area contributed by atoms with Crippen LogP contribution in [0.1, 0.15) is 27.6 Å². The molecule has 10 heteroatoms. The fourth-order valence-electron chi connectivity index (χ4n) is 3.58. The van der Waals surface area contributed by atoms with Gasteiger partial charge in [-0.05, 0) is 66.6 Å². The second-order valence-electron chi connectivity index (χ2n) is 8.10. The Labute approximate surface area is 215 Å². The first-order valence-electron chi connectivity index (χ1n) is 11.3. The van der Waals surface area contributed by atoms with E-state index in [0.29, 0.717) is 43.4 Å². The Morgan fingerprint density at radius 2 is 1.75 bits per heavy atom. The van der Waals surface area contributed by atoms with Gasteiger partial charge in [-0.15, -0.1) is 0 Å². The zero-order valence-electron chi connectivity index (χ0n) is 19.8. The number of nitrogens with one attached hydrogen (secondary N) is 2. The van der Waals surface area contributed by atoms with Crippen LogP contribution in [0.3, 0.4) is 0 Å². The topological polar surface area (TPSA) is 125 Å². The normalized spacial score (nSPS) is 12.3. The van der Waals surface area contributed by atoms with Gasteiger partial charge in [-0.25, -0.2) is 13.2 Å². The lowest BCUT2D eigenvalue weighted by Gasteiger charge is -2.13. The van der Waals surface area contributed by atoms with E-state index in [1.165, 1.54) is 31.4 Å². The fraction of sp³-hybridized carbons (Fsp3) is 0.269. The molecule has 0 amide bonds. The van der Waals surface area contributed by atoms with Crippen LogP contribution in [0.5, 0.6) is 0 Å². The van der Waals surface area contributed by atoms with Crippen molar-refractivity contribution in [2.45, 2.75) is 22.3 Å². The van der Waals surface area contributed by atoms with Crippen LogP contribution in [0.4, 0.5) is 5.69 Å². The molecule has 3 aromatic carbocycles. The number of methoxy groups -OCH3 is 1. The Kier molecular flexibility index (Phi) is 9.86. The second-order valence-corrected chi connectivity index (χ2v) is 10.5. The number of hydrogen-bond donors (Lipinski definition) is 4. The van der Waals surface area contributed by atoms with E-state index in [9.17, 15) is 23.4 Å². The summed E-state index contributed by atoms with van der Waals surface area (Å²) in [6.45, 7) is 1.71. The first-order valence-corrected chi connectivity index (χ1v) is 13.2. The summed E-state index contributed by atoms with van der Waals surface area (Å²) in [6.07, 6.45) is -0.0541. The van der Waals surface area contributed by atoms with Crippen molar-refractivity contribution in [1.29, 1.82) is 0 Å². The molecule has 0 bridgehead atoms. The number of aliphatic hydroxyl groups excluding tert-OH is 1. The van der Waals surface area contributed by atoms with Crippen LogP contribution >= 0.6 is 11.6 Å². The number of rotatable bonds is 13. The van der Waals surface area contributed by atoms with Crippen molar-refractivity contribution < 1.29 is 28.2 Å². The van der Waals surface area contributed by atoms with Crippen LogP contribution in [0.25, 0.3) is 0 Å². The Hall–Kier alpha value is -2.95. The van der Waals surface area contributed by atoms with Gasteiger partial charge in [-0.3, -0.25) is 0 Å². The third-order valence-electron chi connectivity index (χ3n) is 5.55. The maximum Gasteiger partial charge on any atom is 0.337 e. The minimum absolute atomic E-state index is 0.0759. The summed E-state index contributed by atoms with van der Waals surface area (Å²) in [4.78, 5) is 11.7. The van der Waals surface area contributed by atoms with E-state index in [1.54, 1.807) is 30.3 Å². The zero-order valence-corrected chi connectivity index (χ0v) is 21.3. The van der Waals surface area contributed by atoms with Crippen molar-refractivity contribution in [2.24, 2.45) is 0 Å². The van der Waals surface area contributed by atoms with Gasteiger partial charge >= 0.3 is 5.97 Å². The highest BCUT2D eigenvalue weighted by Gasteiger charge is 2.21. The predicted octanol–water partition coefficient (Wildman–Crippen LogP) is 3.80. The molecule has 192 valence electrons. The van der Waals surface area contributed by atoms with E-state index in [4.69, 9.17) is 16.3 Å². The SMILES string of the molecule is COCCNc1ccc(S(=O)(=O)c2ccc(CCNC[C@H](O)c3cccc(Cl)c3)cc2)cc1C(=O)O. The molecule has 0 aromatic heterocycles. The average molecular weight is 533 g/mol. The van der Waals surface area contributed by atoms with Crippen molar-refractivity contribution in [3.05, 3.63) is 88.4 Å². The standard InChI is InChI=1S/C26H29ClN2O6S/c1-35-14-13-29-24-10-9-22(16-23(24)26(31)32)36(33,34)21-7-5-18(6-8-21)11-12-28-17-25(30)19-3-2-4-20(27)15-19/h2-10,15-16,25,28-30H,11-14,17H2,1H3,(H,31,32)/t25-/m0/s1. The minimum atomic E-state index is -3.90. The molecule has 0 fully saturated rings. The summed E-state index contributed by atoms with van der Waals surface area (Å²) in [5.74, 6) is -1.23. The van der Waals surface area contributed by atoms with Gasteiger partial charge in [0.2, 0.25) is 9.84 Å². The average Bonchev–Trinajstić information content (AvgIpc) is 2.87. The molecule has 0 heterocycles. The fourth-order valence-corrected chi connectivity index (χ4v) is 5.07. The van der Waals surface area contributed by atoms with Gasteiger partial charge in [0.1, 0.15) is 0 Å². The quantitative estimate of drug-likeness (QED) is 0.245. The molecular weight excluding hydrogens is 504 g/mol. The van der Waals surface area contributed by atoms with Crippen LogP contribution in [-0.4, -0.2) is 58.0 Å². The first kappa shape index (κ1) is 27.6. The van der Waals surface area contributed by atoms with Crippen LogP contribution in [0.15, 0.2) is 76.5 Å². The lowest BCUT2D eigenvalue weighted by Crippen LogP contribution is -2.23. The van der Waals surface area contributed by atoms with Gasteiger partial charge < -0.3 is 25.6 Å². The zero-order chi connectivity index (χ0) is 26.1. The molecule has 0 aliphatic rings. The van der Waals surface area contributed by atoms with Crippen LogP contribution in [0, 0.1) is 0 Å². The van der Waals surface area contributed by atoms with Gasteiger partial charge in [-0.1, -0.05) is 35.9 Å². The van der Waals surface area contributed by atoms with E-state index in [0.717, 1.165) is 17.2 Å². The third kappa shape index (κ3) is 7.28. The monoisotopic (exact) mass is 532 g/mol. The second kappa shape index (κ2) is 12.8. The number of sulfone groups is 1. The Morgan fingerprint density at radius 1 is 1.03 bits per heavy atom. The molecule has 0 aliphatic carbocycles. The number of aromatic carboxylic acids is 1. The number of anilines is 1. The molecule has 4 N–H and O–H groups in total. The van der Waals surface area contributed by atoms with Crippen molar-refractivity contribution in [2.75, 3.05) is 38.7 Å². The molecule has 8 nitrogen and oxygen atoms in total. The Bertz CT molecular complexity index is 1280. The number of hydrogen-bond acceptors (Lipinski definition) is 7. The predicted molar refractivity (Wildman–Crippen MR) is 139 cm³/mol. The molecule has 36 heavy (non-hydrogen) atoms. The molecule has 0 saturated carbocycles. The van der Waals surface area contributed by atoms with Crippen LogP contribution < -0.4 is 10.6 Å². The number of ether oxygens (including phenoxy) is 1. The number of carbonyl (C=O) groups is 1. The molecule has 0 aliphatic heterocycles. The van der Waals surface area contributed by atoms with Gasteiger partial charge in [0.25, 0.3) is 0 Å². The maximum atomic E-state index is 13.1. The maximum absolute atomic E-state index is 13.1. The molecule has 3 rings (SSSR count). The summed E-state index contributed by atoms with van der Waals surface area (Å²) >= 11 is 5.96. The van der Waals surface area contributed by atoms with Gasteiger partial charge in [-0.2, -0.15) is 0 Å². The summed E-state index contributed by atoms with van der Waals surface area (Å²) in [5.41, 5.74) is 1.84. The van der Waals surface area contributed by atoms with E-state index < -0.39 is 21.9 Å². The molecule has 0 spiro atoms. The molecule has 0 saturated heterocycles. The van der Waals surface area contributed by atoms with Gasteiger partial charge in [0, 0.05) is 30.9 Å². The number of aliphatic hydroxyl groups is 1. The summed E-state index contributed by atoms with van der Waals surface area (Å²) < 4.78 is 31.2. The summed E-state index contributed by atoms with van der Waals surface area (Å²) in [7, 11) is -2.37. The van der Waals surface area contributed by atoms with E-state index in [1.807, 2.05) is 6.07 Å². The van der Waals surface area contributed by atoms with Gasteiger partial charge in [0.15, 0.2) is 0 Å². The van der Waals surface area contributed by atoms with E-state index in [2.05, 4.69) is 10.6 Å². The van der Waals surface area contributed by atoms with Crippen LogP contribution in [0.2, 0.25) is 5.02 Å². The molecule has 3 aromatic rings. The molecule has 0 unspecified atom stereocenters. The number of carboxylic acid groups (broad SMARTS) is 1. The molecular formula is C26H29ClN2O6S. The molecule has 0 radical (unpaired) electrons. The molecule has 1 atom stereocenters. The number of benzene rings is 3. The number of halogens is 1. The smallest absolute Gasteiger partial charge is 0.337 e. The van der Waals surface area contributed by atoms with Crippen molar-refractivity contribution >= 4 is 33.1 Å². The lowest BCUT2D eigenvalue weighted by atomic mass is 10.1. The van der Waals surface area contributed by atoms with Crippen molar-refractivity contribution in [1.82, 2.24) is 5.32 Å². The highest BCUT2D eigenvalue weighted by atomic mass is 35.5. The Morgan fingerprint density at radius 3 is 2.42 bits per heavy atom. The van der Waals surface area contributed by atoms with Crippen molar-refractivity contribution in [3.8, 4) is 0 Å². The summed E-state index contributed by atoms with van der Waals surface area (Å²) in [5, 5.41) is 26.5. The number of carboxylic acids is 1. The summed E-state index contributed by atoms with van der Waals surface area (Å²) in [6, 6.07) is 17.5. The van der Waals surface area contributed by atoms with E-state index in [-0.39, 0.29) is 15.4 Å². The largest absolute Gasteiger partial charge is 0.478 e. The highest BCUT2D eigenvalue weighted by molar-refractivity contribution is 7.91. The van der Waals surface area contributed by atoms with Crippen LogP contribution in [-0.2, 0) is 21.0 Å². The Balaban J connectivity index is 1.62. The minimum Gasteiger partial charge on any atom is -0.478 e.